The Labute approximate surface area is 114 Å². The molecule has 3 rings (SSSR count). The summed E-state index contributed by atoms with van der Waals surface area (Å²) in [6, 6.07) is 3.67. The number of halogens is 2. The van der Waals surface area contributed by atoms with Gasteiger partial charge in [-0.2, -0.15) is 0 Å². The van der Waals surface area contributed by atoms with Crippen LogP contribution in [-0.4, -0.2) is 35.8 Å². The summed E-state index contributed by atoms with van der Waals surface area (Å²) in [6.07, 6.45) is 1.47. The van der Waals surface area contributed by atoms with Crippen LogP contribution < -0.4 is 4.90 Å². The van der Waals surface area contributed by atoms with Crippen LogP contribution in [0.5, 0.6) is 0 Å². The van der Waals surface area contributed by atoms with Crippen molar-refractivity contribution in [1.82, 2.24) is 4.90 Å². The second-order valence-corrected chi connectivity index (χ2v) is 5.20. The molecule has 2 amide bonds. The molecule has 2 saturated heterocycles. The van der Waals surface area contributed by atoms with Gasteiger partial charge in [0.1, 0.15) is 18.4 Å². The Morgan fingerprint density at radius 1 is 1.32 bits per heavy atom. The Bertz CT molecular complexity index is 564. The van der Waals surface area contributed by atoms with Gasteiger partial charge in [-0.3, -0.25) is 14.5 Å². The van der Waals surface area contributed by atoms with Crippen LogP contribution in [0.3, 0.4) is 0 Å². The van der Waals surface area contributed by atoms with E-state index in [-0.39, 0.29) is 29.1 Å². The van der Waals surface area contributed by atoms with Crippen molar-refractivity contribution in [1.29, 1.82) is 0 Å². The summed E-state index contributed by atoms with van der Waals surface area (Å²) in [5.74, 6) is -0.921. The van der Waals surface area contributed by atoms with Gasteiger partial charge in [0.15, 0.2) is 0 Å². The number of carbonyl (C=O) groups is 2. The highest BCUT2D eigenvalue weighted by molar-refractivity contribution is 6.30. The molecule has 6 heteroatoms. The third-order valence-corrected chi connectivity index (χ3v) is 3.85. The monoisotopic (exact) mass is 282 g/mol. The Kier molecular flexibility index (Phi) is 2.93. The summed E-state index contributed by atoms with van der Waals surface area (Å²) < 4.78 is 13.9. The third kappa shape index (κ3) is 1.98. The highest BCUT2D eigenvalue weighted by Crippen LogP contribution is 2.29. The minimum Gasteiger partial charge on any atom is -0.329 e. The number of fused-ring (bicyclic) bond motifs is 1. The van der Waals surface area contributed by atoms with Crippen LogP contribution in [-0.2, 0) is 9.59 Å². The van der Waals surface area contributed by atoms with Gasteiger partial charge >= 0.3 is 0 Å². The SMILES string of the molecule is O=C1C2CCCN2C(=O)CN1c1ccc(Cl)cc1F. The number of piperazine rings is 1. The van der Waals surface area contributed by atoms with Crippen LogP contribution in [0.1, 0.15) is 12.8 Å². The van der Waals surface area contributed by atoms with E-state index >= 15 is 0 Å². The minimum atomic E-state index is -0.583. The van der Waals surface area contributed by atoms with Crippen LogP contribution in [0.2, 0.25) is 5.02 Å². The van der Waals surface area contributed by atoms with Gasteiger partial charge in [-0.15, -0.1) is 0 Å². The molecule has 0 bridgehead atoms. The normalized spacial score (nSPS) is 22.9. The number of nitrogens with zero attached hydrogens (tertiary/aromatic N) is 2. The maximum Gasteiger partial charge on any atom is 0.250 e. The topological polar surface area (TPSA) is 40.6 Å². The number of amides is 2. The lowest BCUT2D eigenvalue weighted by Gasteiger charge is -2.36. The van der Waals surface area contributed by atoms with E-state index in [2.05, 4.69) is 0 Å². The first-order valence-corrected chi connectivity index (χ1v) is 6.51. The van der Waals surface area contributed by atoms with Gasteiger partial charge in [-0.05, 0) is 31.0 Å². The van der Waals surface area contributed by atoms with Crippen molar-refractivity contribution < 1.29 is 14.0 Å². The maximum atomic E-state index is 13.9. The summed E-state index contributed by atoms with van der Waals surface area (Å²) in [5, 5.41) is 0.263. The van der Waals surface area contributed by atoms with E-state index in [0.717, 1.165) is 12.5 Å². The van der Waals surface area contributed by atoms with E-state index in [9.17, 15) is 14.0 Å². The Hall–Kier alpha value is -1.62. The molecule has 0 saturated carbocycles. The largest absolute Gasteiger partial charge is 0.329 e. The van der Waals surface area contributed by atoms with Gasteiger partial charge < -0.3 is 4.90 Å². The Balaban J connectivity index is 1.96. The fraction of sp³-hybridized carbons (Fsp3) is 0.385. The second-order valence-electron chi connectivity index (χ2n) is 4.77. The first-order chi connectivity index (χ1) is 9.08. The van der Waals surface area contributed by atoms with E-state index in [1.165, 1.54) is 17.0 Å². The van der Waals surface area contributed by atoms with Crippen molar-refractivity contribution in [2.24, 2.45) is 0 Å². The average molecular weight is 283 g/mol. The number of anilines is 1. The first kappa shape index (κ1) is 12.4. The third-order valence-electron chi connectivity index (χ3n) is 3.62. The molecule has 0 radical (unpaired) electrons. The van der Waals surface area contributed by atoms with Crippen LogP contribution >= 0.6 is 11.6 Å². The van der Waals surface area contributed by atoms with Crippen molar-refractivity contribution in [3.05, 3.63) is 29.0 Å². The van der Waals surface area contributed by atoms with Gasteiger partial charge in [-0.1, -0.05) is 11.6 Å². The van der Waals surface area contributed by atoms with Gasteiger partial charge in [0.25, 0.3) is 0 Å². The quantitative estimate of drug-likeness (QED) is 0.788. The van der Waals surface area contributed by atoms with E-state index < -0.39 is 11.9 Å². The zero-order chi connectivity index (χ0) is 13.6. The van der Waals surface area contributed by atoms with Crippen molar-refractivity contribution in [2.45, 2.75) is 18.9 Å². The molecule has 1 unspecified atom stereocenters. The summed E-state index contributed by atoms with van der Waals surface area (Å²) in [7, 11) is 0. The predicted molar refractivity (Wildman–Crippen MR) is 68.5 cm³/mol. The summed E-state index contributed by atoms with van der Waals surface area (Å²) in [6.45, 7) is 0.514. The molecule has 1 atom stereocenters. The number of rotatable bonds is 1. The van der Waals surface area contributed by atoms with Crippen molar-refractivity contribution in [3.8, 4) is 0 Å². The van der Waals surface area contributed by atoms with Crippen LogP contribution in [0, 0.1) is 5.82 Å². The van der Waals surface area contributed by atoms with Gasteiger partial charge in [0.2, 0.25) is 11.8 Å². The van der Waals surface area contributed by atoms with E-state index in [4.69, 9.17) is 11.6 Å². The standard InChI is InChI=1S/C13H12ClFN2O2/c14-8-3-4-10(9(15)6-8)17-7-12(18)16-5-1-2-11(16)13(17)19/h3-4,6,11H,1-2,5,7H2. The van der Waals surface area contributed by atoms with E-state index in [0.29, 0.717) is 13.0 Å². The van der Waals surface area contributed by atoms with Crippen molar-refractivity contribution in [2.75, 3.05) is 18.0 Å². The molecule has 2 fully saturated rings. The highest BCUT2D eigenvalue weighted by atomic mass is 35.5. The minimum absolute atomic E-state index is 0.103. The van der Waals surface area contributed by atoms with E-state index in [1.807, 2.05) is 0 Å². The first-order valence-electron chi connectivity index (χ1n) is 6.14. The smallest absolute Gasteiger partial charge is 0.250 e. The van der Waals surface area contributed by atoms with Gasteiger partial charge in [0, 0.05) is 11.6 Å². The lowest BCUT2D eigenvalue weighted by Crippen LogP contribution is -2.57. The summed E-state index contributed by atoms with van der Waals surface area (Å²) in [5.41, 5.74) is 0.120. The van der Waals surface area contributed by atoms with Crippen LogP contribution in [0.4, 0.5) is 10.1 Å². The number of hydrogen-bond donors (Lipinski definition) is 0. The Morgan fingerprint density at radius 2 is 2.11 bits per heavy atom. The zero-order valence-electron chi connectivity index (χ0n) is 10.1. The molecule has 1 aromatic rings. The molecule has 19 heavy (non-hydrogen) atoms. The van der Waals surface area contributed by atoms with Crippen LogP contribution in [0.15, 0.2) is 18.2 Å². The number of hydrogen-bond acceptors (Lipinski definition) is 2. The van der Waals surface area contributed by atoms with Gasteiger partial charge in [0.05, 0.1) is 5.69 Å². The molecular formula is C13H12ClFN2O2. The molecule has 0 spiro atoms. The molecule has 0 aromatic heterocycles. The lowest BCUT2D eigenvalue weighted by molar-refractivity contribution is -0.140. The van der Waals surface area contributed by atoms with Crippen LogP contribution in [0.25, 0.3) is 0 Å². The summed E-state index contributed by atoms with van der Waals surface area (Å²) >= 11 is 5.69. The van der Waals surface area contributed by atoms with Gasteiger partial charge in [-0.25, -0.2) is 4.39 Å². The molecule has 1 aromatic carbocycles. The molecule has 100 valence electrons. The lowest BCUT2D eigenvalue weighted by atomic mass is 10.1. The molecule has 0 N–H and O–H groups in total. The Morgan fingerprint density at radius 3 is 2.84 bits per heavy atom. The molecular weight excluding hydrogens is 271 g/mol. The zero-order valence-corrected chi connectivity index (χ0v) is 10.9. The van der Waals surface area contributed by atoms with E-state index in [1.54, 1.807) is 4.90 Å². The predicted octanol–water partition coefficient (Wildman–Crippen LogP) is 1.82. The average Bonchev–Trinajstić information content (AvgIpc) is 2.84. The number of carbonyl (C=O) groups excluding carboxylic acids is 2. The highest BCUT2D eigenvalue weighted by Gasteiger charge is 2.42. The molecule has 2 aliphatic rings. The van der Waals surface area contributed by atoms with Crippen molar-refractivity contribution >= 4 is 29.1 Å². The molecule has 2 aliphatic heterocycles. The summed E-state index contributed by atoms with van der Waals surface area (Å²) in [4.78, 5) is 27.1. The number of benzene rings is 1. The second kappa shape index (κ2) is 4.49. The fourth-order valence-corrected chi connectivity index (χ4v) is 2.87. The maximum absolute atomic E-state index is 13.9. The van der Waals surface area contributed by atoms with Crippen molar-refractivity contribution in [3.63, 3.8) is 0 Å². The molecule has 4 nitrogen and oxygen atoms in total. The molecule has 0 aliphatic carbocycles. The molecule has 2 heterocycles. The fourth-order valence-electron chi connectivity index (χ4n) is 2.71.